The van der Waals surface area contributed by atoms with E-state index in [-0.39, 0.29) is 5.97 Å². The number of aliphatic hydroxyl groups is 1. The number of ether oxygens (including phenoxy) is 1. The van der Waals surface area contributed by atoms with E-state index in [4.69, 9.17) is 4.74 Å². The lowest BCUT2D eigenvalue weighted by Crippen LogP contribution is -2.05. The molecule has 1 aliphatic carbocycles. The van der Waals surface area contributed by atoms with Gasteiger partial charge in [-0.25, -0.2) is 4.79 Å². The van der Waals surface area contributed by atoms with Crippen LogP contribution in [0.15, 0.2) is 0 Å². The van der Waals surface area contributed by atoms with Gasteiger partial charge < -0.3 is 14.8 Å². The third kappa shape index (κ3) is 1.55. The van der Waals surface area contributed by atoms with Crippen LogP contribution >= 0.6 is 0 Å². The van der Waals surface area contributed by atoms with Crippen molar-refractivity contribution in [3.8, 4) is 0 Å². The Kier molecular flexibility index (Phi) is 2.52. The number of carbonyl (C=O) groups excluding carboxylic acids is 1. The number of methoxy groups -OCH3 is 1. The number of carbonyl (C=O) groups is 1. The Labute approximate surface area is 88.3 Å². The number of nitrogens with one attached hydrogen (secondary N) is 1. The molecular formula is C11H15NO3. The van der Waals surface area contributed by atoms with Crippen molar-refractivity contribution in [3.63, 3.8) is 0 Å². The Balaban J connectivity index is 2.49. The summed E-state index contributed by atoms with van der Waals surface area (Å²) in [6.07, 6.45) is 2.31. The topological polar surface area (TPSA) is 62.3 Å². The van der Waals surface area contributed by atoms with Gasteiger partial charge in [-0.05, 0) is 37.3 Å². The van der Waals surface area contributed by atoms with Crippen molar-refractivity contribution in [2.45, 2.75) is 32.3 Å². The number of aromatic amines is 1. The van der Waals surface area contributed by atoms with Crippen LogP contribution in [0.4, 0.5) is 0 Å². The second-order valence-corrected chi connectivity index (χ2v) is 3.89. The van der Waals surface area contributed by atoms with E-state index in [1.807, 2.05) is 0 Å². The molecule has 1 aliphatic rings. The number of H-pyrrole nitrogens is 1. The highest BCUT2D eigenvalue weighted by Crippen LogP contribution is 2.32. The minimum absolute atomic E-state index is 0.347. The van der Waals surface area contributed by atoms with E-state index < -0.39 is 6.10 Å². The van der Waals surface area contributed by atoms with Crippen molar-refractivity contribution in [1.82, 2.24) is 4.98 Å². The number of hydrogen-bond donors (Lipinski definition) is 2. The van der Waals surface area contributed by atoms with Gasteiger partial charge in [-0.2, -0.15) is 0 Å². The Morgan fingerprint density at radius 1 is 1.47 bits per heavy atom. The second kappa shape index (κ2) is 3.70. The summed E-state index contributed by atoms with van der Waals surface area (Å²) in [5, 5.41) is 9.57. The van der Waals surface area contributed by atoms with Crippen LogP contribution in [0, 0.1) is 0 Å². The minimum atomic E-state index is -0.560. The molecule has 2 N–H and O–H groups in total. The van der Waals surface area contributed by atoms with Gasteiger partial charge in [-0.1, -0.05) is 0 Å². The molecule has 0 spiro atoms. The van der Waals surface area contributed by atoms with Crippen LogP contribution in [0.5, 0.6) is 0 Å². The van der Waals surface area contributed by atoms with E-state index in [1.54, 1.807) is 6.92 Å². The lowest BCUT2D eigenvalue weighted by molar-refractivity contribution is 0.0593. The summed E-state index contributed by atoms with van der Waals surface area (Å²) in [5.41, 5.74) is 3.41. The first-order valence-electron chi connectivity index (χ1n) is 5.15. The van der Waals surface area contributed by atoms with Crippen LogP contribution in [-0.2, 0) is 17.6 Å². The molecule has 0 aromatic carbocycles. The number of aliphatic hydroxyl groups excluding tert-OH is 1. The highest BCUT2D eigenvalue weighted by atomic mass is 16.5. The summed E-state index contributed by atoms with van der Waals surface area (Å²) in [6, 6.07) is 0. The quantitative estimate of drug-likeness (QED) is 0.722. The van der Waals surface area contributed by atoms with E-state index in [0.717, 1.165) is 36.1 Å². The molecule has 15 heavy (non-hydrogen) atoms. The molecule has 82 valence electrons. The van der Waals surface area contributed by atoms with Crippen molar-refractivity contribution < 1.29 is 14.6 Å². The number of rotatable bonds is 2. The van der Waals surface area contributed by atoms with Crippen molar-refractivity contribution >= 4 is 5.97 Å². The third-order valence-corrected chi connectivity index (χ3v) is 2.91. The van der Waals surface area contributed by atoms with Crippen LogP contribution in [0.25, 0.3) is 0 Å². The van der Waals surface area contributed by atoms with E-state index in [9.17, 15) is 9.90 Å². The monoisotopic (exact) mass is 209 g/mol. The molecule has 0 radical (unpaired) electrons. The van der Waals surface area contributed by atoms with Gasteiger partial charge in [0.2, 0.25) is 0 Å². The summed E-state index contributed by atoms with van der Waals surface area (Å²) in [6.45, 7) is 1.70. The number of aromatic nitrogens is 1. The number of hydrogen-bond acceptors (Lipinski definition) is 3. The zero-order valence-corrected chi connectivity index (χ0v) is 8.96. The van der Waals surface area contributed by atoms with Gasteiger partial charge in [0.15, 0.2) is 0 Å². The molecule has 0 saturated heterocycles. The van der Waals surface area contributed by atoms with Crippen molar-refractivity contribution in [3.05, 3.63) is 22.5 Å². The maximum atomic E-state index is 11.5. The standard InChI is InChI=1S/C11H15NO3/c1-6(13)9-7-4-3-5-8(7)10(12-9)11(14)15-2/h6,12-13H,3-5H2,1-2H3. The summed E-state index contributed by atoms with van der Waals surface area (Å²) in [4.78, 5) is 14.5. The maximum Gasteiger partial charge on any atom is 0.354 e. The van der Waals surface area contributed by atoms with Gasteiger partial charge in [-0.3, -0.25) is 0 Å². The van der Waals surface area contributed by atoms with Crippen LogP contribution in [0.1, 0.15) is 46.8 Å². The second-order valence-electron chi connectivity index (χ2n) is 3.89. The van der Waals surface area contributed by atoms with Gasteiger partial charge in [0.05, 0.1) is 13.2 Å². The summed E-state index contributed by atoms with van der Waals surface area (Å²) < 4.78 is 4.70. The van der Waals surface area contributed by atoms with Gasteiger partial charge >= 0.3 is 5.97 Å². The Morgan fingerprint density at radius 3 is 2.73 bits per heavy atom. The number of esters is 1. The highest BCUT2D eigenvalue weighted by Gasteiger charge is 2.27. The van der Waals surface area contributed by atoms with Crippen molar-refractivity contribution in [2.75, 3.05) is 7.11 Å². The van der Waals surface area contributed by atoms with Gasteiger partial charge in [0, 0.05) is 5.69 Å². The molecule has 4 nitrogen and oxygen atoms in total. The first-order valence-corrected chi connectivity index (χ1v) is 5.15. The summed E-state index contributed by atoms with van der Waals surface area (Å²) >= 11 is 0. The van der Waals surface area contributed by atoms with Gasteiger partial charge in [-0.15, -0.1) is 0 Å². The Bertz CT molecular complexity index is 393. The fraction of sp³-hybridized carbons (Fsp3) is 0.545. The Hall–Kier alpha value is -1.29. The molecule has 0 aliphatic heterocycles. The normalized spacial score (nSPS) is 16.2. The molecule has 1 aromatic heterocycles. The van der Waals surface area contributed by atoms with Crippen LogP contribution in [0.2, 0.25) is 0 Å². The molecule has 2 rings (SSSR count). The van der Waals surface area contributed by atoms with E-state index in [2.05, 4.69) is 4.98 Å². The molecule has 0 saturated carbocycles. The molecule has 1 unspecified atom stereocenters. The maximum absolute atomic E-state index is 11.5. The molecule has 1 heterocycles. The van der Waals surface area contributed by atoms with Crippen LogP contribution < -0.4 is 0 Å². The fourth-order valence-electron chi connectivity index (χ4n) is 2.24. The molecular weight excluding hydrogens is 194 g/mol. The predicted molar refractivity (Wildman–Crippen MR) is 54.8 cm³/mol. The average molecular weight is 209 g/mol. The third-order valence-electron chi connectivity index (χ3n) is 2.91. The van der Waals surface area contributed by atoms with Gasteiger partial charge in [0.25, 0.3) is 0 Å². The highest BCUT2D eigenvalue weighted by molar-refractivity contribution is 5.90. The molecule has 1 aromatic rings. The fourth-order valence-corrected chi connectivity index (χ4v) is 2.24. The van der Waals surface area contributed by atoms with E-state index >= 15 is 0 Å². The van der Waals surface area contributed by atoms with Crippen molar-refractivity contribution in [2.24, 2.45) is 0 Å². The lowest BCUT2D eigenvalue weighted by Gasteiger charge is -2.03. The summed E-state index contributed by atoms with van der Waals surface area (Å²) in [5.74, 6) is -0.347. The summed E-state index contributed by atoms with van der Waals surface area (Å²) in [7, 11) is 1.37. The Morgan fingerprint density at radius 2 is 2.13 bits per heavy atom. The first-order chi connectivity index (χ1) is 7.15. The average Bonchev–Trinajstić information content (AvgIpc) is 2.75. The van der Waals surface area contributed by atoms with E-state index in [0.29, 0.717) is 5.69 Å². The lowest BCUT2D eigenvalue weighted by atomic mass is 10.1. The number of fused-ring (bicyclic) bond motifs is 1. The largest absolute Gasteiger partial charge is 0.464 e. The van der Waals surface area contributed by atoms with E-state index in [1.165, 1.54) is 7.11 Å². The molecule has 0 amide bonds. The van der Waals surface area contributed by atoms with Gasteiger partial charge in [0.1, 0.15) is 5.69 Å². The zero-order chi connectivity index (χ0) is 11.0. The SMILES string of the molecule is COC(=O)c1[nH]c(C(C)O)c2c1CCC2. The van der Waals surface area contributed by atoms with Crippen molar-refractivity contribution in [1.29, 1.82) is 0 Å². The smallest absolute Gasteiger partial charge is 0.354 e. The molecule has 0 fully saturated rings. The molecule has 1 atom stereocenters. The first kappa shape index (κ1) is 10.2. The van der Waals surface area contributed by atoms with Crippen LogP contribution in [-0.4, -0.2) is 23.2 Å². The predicted octanol–water partition coefficient (Wildman–Crippen LogP) is 1.34. The molecule has 0 bridgehead atoms. The zero-order valence-electron chi connectivity index (χ0n) is 8.96. The molecule has 4 heteroatoms. The van der Waals surface area contributed by atoms with Crippen LogP contribution in [0.3, 0.4) is 0 Å². The minimum Gasteiger partial charge on any atom is -0.464 e.